The predicted octanol–water partition coefficient (Wildman–Crippen LogP) is 1.18. The average molecular weight is 347 g/mol. The Hall–Kier alpha value is -2.19. The van der Waals surface area contributed by atoms with Crippen molar-refractivity contribution >= 4 is 29.0 Å². The molecule has 1 N–H and O–H groups in total. The van der Waals surface area contributed by atoms with Crippen molar-refractivity contribution < 1.29 is 9.59 Å². The van der Waals surface area contributed by atoms with Gasteiger partial charge < -0.3 is 10.2 Å². The lowest BCUT2D eigenvalue weighted by Gasteiger charge is -2.25. The number of fused-ring (bicyclic) bond motifs is 1. The largest absolute Gasteiger partial charge is 0.344 e. The molecule has 0 bridgehead atoms. The van der Waals surface area contributed by atoms with E-state index in [0.29, 0.717) is 18.9 Å². The van der Waals surface area contributed by atoms with Gasteiger partial charge in [-0.25, -0.2) is 0 Å². The Balaban J connectivity index is 1.60. The molecule has 1 aliphatic rings. The van der Waals surface area contributed by atoms with Crippen molar-refractivity contribution in [3.8, 4) is 0 Å². The van der Waals surface area contributed by atoms with Crippen LogP contribution in [0, 0.1) is 0 Å². The first-order chi connectivity index (χ1) is 11.4. The number of aryl methyl sites for hydroxylation is 1. The molecule has 2 aromatic rings. The van der Waals surface area contributed by atoms with Crippen molar-refractivity contribution in [3.05, 3.63) is 33.6 Å². The Morgan fingerprint density at radius 2 is 2.21 bits per heavy atom. The maximum Gasteiger partial charge on any atom is 0.263 e. The molecule has 2 amide bonds. The van der Waals surface area contributed by atoms with E-state index >= 15 is 0 Å². The van der Waals surface area contributed by atoms with Crippen LogP contribution in [0.3, 0.4) is 0 Å². The fourth-order valence-corrected chi connectivity index (χ4v) is 3.90. The second kappa shape index (κ2) is 6.74. The Morgan fingerprint density at radius 1 is 1.42 bits per heavy atom. The molecule has 0 aliphatic carbocycles. The zero-order chi connectivity index (χ0) is 17.3. The minimum Gasteiger partial charge on any atom is -0.344 e. The summed E-state index contributed by atoms with van der Waals surface area (Å²) in [7, 11) is 5.33. The van der Waals surface area contributed by atoms with Crippen LogP contribution in [0.4, 0.5) is 5.82 Å². The summed E-state index contributed by atoms with van der Waals surface area (Å²) in [5.74, 6) is 0.528. The van der Waals surface area contributed by atoms with E-state index in [1.807, 2.05) is 13.1 Å². The number of carbonyl (C=O) groups is 2. The number of hydrogen-bond donors (Lipinski definition) is 1. The predicted molar refractivity (Wildman–Crippen MR) is 93.2 cm³/mol. The maximum atomic E-state index is 12.1. The van der Waals surface area contributed by atoms with Gasteiger partial charge in [0.15, 0.2) is 5.82 Å². The van der Waals surface area contributed by atoms with Gasteiger partial charge in [-0.05, 0) is 18.1 Å². The SMILES string of the molecule is CN(C)C(=O)c1cc2c(s1)CCN(CC(=O)Nc1ccn(C)n1)C2. The summed E-state index contributed by atoms with van der Waals surface area (Å²) in [5, 5.41) is 6.95. The Labute approximate surface area is 144 Å². The van der Waals surface area contributed by atoms with Crippen molar-refractivity contribution in [2.75, 3.05) is 32.5 Å². The van der Waals surface area contributed by atoms with Gasteiger partial charge in [0, 0.05) is 51.4 Å². The molecular formula is C16H21N5O2S. The number of carbonyl (C=O) groups excluding carboxylic acids is 2. The number of nitrogens with zero attached hydrogens (tertiary/aromatic N) is 4. The summed E-state index contributed by atoms with van der Waals surface area (Å²) in [4.78, 5) is 29.9. The molecule has 3 heterocycles. The summed E-state index contributed by atoms with van der Waals surface area (Å²) < 4.78 is 1.65. The van der Waals surface area contributed by atoms with E-state index in [1.54, 1.807) is 47.3 Å². The molecule has 2 aromatic heterocycles. The molecule has 0 atom stereocenters. The lowest BCUT2D eigenvalue weighted by Crippen LogP contribution is -2.36. The number of aromatic nitrogens is 2. The number of rotatable bonds is 4. The molecule has 3 rings (SSSR count). The molecular weight excluding hydrogens is 326 g/mol. The standard InChI is InChI=1S/C16H21N5O2S/c1-19(2)16(23)13-8-11-9-21(7-4-12(11)24-13)10-15(22)17-14-5-6-20(3)18-14/h5-6,8H,4,7,9-10H2,1-3H3,(H,17,18,22). The monoisotopic (exact) mass is 347 g/mol. The van der Waals surface area contributed by atoms with E-state index < -0.39 is 0 Å². The quantitative estimate of drug-likeness (QED) is 0.902. The van der Waals surface area contributed by atoms with Gasteiger partial charge in [-0.2, -0.15) is 5.10 Å². The second-order valence-corrected chi connectivity index (χ2v) is 7.28. The molecule has 0 saturated carbocycles. The number of hydrogen-bond acceptors (Lipinski definition) is 5. The van der Waals surface area contributed by atoms with Crippen LogP contribution in [0.25, 0.3) is 0 Å². The van der Waals surface area contributed by atoms with Crippen LogP contribution in [-0.2, 0) is 24.8 Å². The lowest BCUT2D eigenvalue weighted by atomic mass is 10.1. The van der Waals surface area contributed by atoms with Gasteiger partial charge in [-0.15, -0.1) is 11.3 Å². The van der Waals surface area contributed by atoms with E-state index in [-0.39, 0.29) is 11.8 Å². The highest BCUT2D eigenvalue weighted by atomic mass is 32.1. The van der Waals surface area contributed by atoms with Gasteiger partial charge in [0.25, 0.3) is 5.91 Å². The molecule has 0 saturated heterocycles. The van der Waals surface area contributed by atoms with Crippen LogP contribution in [0.1, 0.15) is 20.1 Å². The van der Waals surface area contributed by atoms with Gasteiger partial charge in [0.1, 0.15) is 0 Å². The van der Waals surface area contributed by atoms with Gasteiger partial charge in [0.2, 0.25) is 5.91 Å². The molecule has 0 radical (unpaired) electrons. The third-order valence-corrected chi connectivity index (χ3v) is 5.14. The first-order valence-electron chi connectivity index (χ1n) is 7.77. The molecule has 24 heavy (non-hydrogen) atoms. The summed E-state index contributed by atoms with van der Waals surface area (Å²) in [6, 6.07) is 3.73. The van der Waals surface area contributed by atoms with Crippen molar-refractivity contribution in [3.63, 3.8) is 0 Å². The van der Waals surface area contributed by atoms with Crippen LogP contribution in [0.5, 0.6) is 0 Å². The van der Waals surface area contributed by atoms with E-state index in [1.165, 1.54) is 4.88 Å². The smallest absolute Gasteiger partial charge is 0.263 e. The zero-order valence-electron chi connectivity index (χ0n) is 14.1. The minimum absolute atomic E-state index is 0.0360. The highest BCUT2D eigenvalue weighted by Crippen LogP contribution is 2.28. The molecule has 0 fully saturated rings. The van der Waals surface area contributed by atoms with E-state index in [0.717, 1.165) is 23.4 Å². The van der Waals surface area contributed by atoms with E-state index in [2.05, 4.69) is 15.3 Å². The van der Waals surface area contributed by atoms with Gasteiger partial charge >= 0.3 is 0 Å². The lowest BCUT2D eigenvalue weighted by molar-refractivity contribution is -0.117. The van der Waals surface area contributed by atoms with Crippen molar-refractivity contribution in [2.45, 2.75) is 13.0 Å². The summed E-state index contributed by atoms with van der Waals surface area (Å²) in [5.41, 5.74) is 1.15. The molecule has 8 heteroatoms. The zero-order valence-corrected chi connectivity index (χ0v) is 14.9. The maximum absolute atomic E-state index is 12.1. The van der Waals surface area contributed by atoms with Crippen LogP contribution in [-0.4, -0.2) is 58.6 Å². The Kier molecular flexibility index (Phi) is 4.68. The normalized spacial score (nSPS) is 14.3. The Morgan fingerprint density at radius 3 is 2.88 bits per heavy atom. The number of anilines is 1. The van der Waals surface area contributed by atoms with Crippen molar-refractivity contribution in [1.29, 1.82) is 0 Å². The molecule has 1 aliphatic heterocycles. The number of amides is 2. The number of nitrogens with one attached hydrogen (secondary N) is 1. The molecule has 0 spiro atoms. The van der Waals surface area contributed by atoms with Crippen LogP contribution in [0.2, 0.25) is 0 Å². The molecule has 128 valence electrons. The summed E-state index contributed by atoms with van der Waals surface area (Å²) in [6.07, 6.45) is 2.66. The molecule has 0 unspecified atom stereocenters. The van der Waals surface area contributed by atoms with Gasteiger partial charge in [-0.3, -0.25) is 19.2 Å². The third kappa shape index (κ3) is 3.65. The topological polar surface area (TPSA) is 70.5 Å². The number of thiophene rings is 1. The second-order valence-electron chi connectivity index (χ2n) is 6.14. The average Bonchev–Trinajstić information content (AvgIpc) is 3.11. The van der Waals surface area contributed by atoms with Gasteiger partial charge in [0.05, 0.1) is 11.4 Å². The highest BCUT2D eigenvalue weighted by molar-refractivity contribution is 7.14. The minimum atomic E-state index is -0.0722. The first kappa shape index (κ1) is 16.7. The van der Waals surface area contributed by atoms with Gasteiger partial charge in [-0.1, -0.05) is 0 Å². The van der Waals surface area contributed by atoms with E-state index in [4.69, 9.17) is 0 Å². The summed E-state index contributed by atoms with van der Waals surface area (Å²) in [6.45, 7) is 1.84. The van der Waals surface area contributed by atoms with Crippen LogP contribution < -0.4 is 5.32 Å². The Bertz CT molecular complexity index is 764. The highest BCUT2D eigenvalue weighted by Gasteiger charge is 2.23. The van der Waals surface area contributed by atoms with E-state index in [9.17, 15) is 9.59 Å². The first-order valence-corrected chi connectivity index (χ1v) is 8.59. The fraction of sp³-hybridized carbons (Fsp3) is 0.438. The van der Waals surface area contributed by atoms with Crippen LogP contribution >= 0.6 is 11.3 Å². The van der Waals surface area contributed by atoms with Crippen LogP contribution in [0.15, 0.2) is 18.3 Å². The molecule has 7 nitrogen and oxygen atoms in total. The fourth-order valence-electron chi connectivity index (χ4n) is 2.72. The summed E-state index contributed by atoms with van der Waals surface area (Å²) >= 11 is 1.57. The van der Waals surface area contributed by atoms with Crippen molar-refractivity contribution in [2.24, 2.45) is 7.05 Å². The van der Waals surface area contributed by atoms with Crippen molar-refractivity contribution in [1.82, 2.24) is 19.6 Å². The molecule has 0 aromatic carbocycles. The third-order valence-electron chi connectivity index (χ3n) is 3.91.